The van der Waals surface area contributed by atoms with Crippen LogP contribution in [0.15, 0.2) is 72.8 Å². The predicted molar refractivity (Wildman–Crippen MR) is 141 cm³/mol. The monoisotopic (exact) mass is 501 g/mol. The van der Waals surface area contributed by atoms with E-state index >= 15 is 0 Å². The molecule has 4 aromatic rings. The second-order valence-electron chi connectivity index (χ2n) is 9.43. The molecule has 1 aromatic heterocycles. The number of carbonyl (C=O) groups excluding carboxylic acids is 2. The van der Waals surface area contributed by atoms with Crippen LogP contribution in [0.25, 0.3) is 10.2 Å². The third kappa shape index (κ3) is 4.32. The van der Waals surface area contributed by atoms with Gasteiger partial charge in [0.25, 0.3) is 5.91 Å². The molecule has 0 aliphatic carbocycles. The number of likely N-dealkylation sites (tertiary alicyclic amines) is 1. The highest BCUT2D eigenvalue weighted by Crippen LogP contribution is 2.36. The van der Waals surface area contributed by atoms with Crippen LogP contribution in [0.3, 0.4) is 0 Å². The number of carbonyl (C=O) groups is 2. The lowest BCUT2D eigenvalue weighted by Gasteiger charge is -2.45. The summed E-state index contributed by atoms with van der Waals surface area (Å²) in [6, 6.07) is 22.2. The zero-order valence-corrected chi connectivity index (χ0v) is 20.6. The maximum atomic E-state index is 13.6. The number of ketones is 1. The SMILES string of the molecule is O=C(c1ccccc1)c1ccccc1C(=O)N1CC2CC(C1)CN(c1nc3ccc(Cl)cc3s1)C2. The molecule has 0 N–H and O–H groups in total. The van der Waals surface area contributed by atoms with Crippen molar-refractivity contribution < 1.29 is 9.59 Å². The van der Waals surface area contributed by atoms with Crippen LogP contribution in [-0.4, -0.2) is 47.8 Å². The zero-order chi connectivity index (χ0) is 23.9. The molecule has 2 aliphatic heterocycles. The standard InChI is InChI=1S/C28H24ClN3O2S/c29-21-10-11-24-25(13-21)35-28(30-24)32-16-18-12-19(17-32)15-31(14-18)27(34)23-9-5-4-8-22(23)26(33)20-6-2-1-3-7-20/h1-11,13,18-19H,12,14-17H2. The largest absolute Gasteiger partial charge is 0.347 e. The first-order valence-electron chi connectivity index (χ1n) is 11.8. The van der Waals surface area contributed by atoms with Crippen molar-refractivity contribution >= 4 is 50.0 Å². The Hall–Kier alpha value is -3.22. The number of fused-ring (bicyclic) bond motifs is 3. The van der Waals surface area contributed by atoms with Gasteiger partial charge < -0.3 is 9.80 Å². The Morgan fingerprint density at radius 1 is 0.857 bits per heavy atom. The number of hydrogen-bond acceptors (Lipinski definition) is 5. The second-order valence-corrected chi connectivity index (χ2v) is 10.9. The number of piperidine rings is 2. The summed E-state index contributed by atoms with van der Waals surface area (Å²) in [5.74, 6) is 0.578. The molecule has 2 bridgehead atoms. The Bertz CT molecular complexity index is 1410. The van der Waals surface area contributed by atoms with Gasteiger partial charge in [-0.05, 0) is 42.5 Å². The van der Waals surface area contributed by atoms with E-state index in [1.807, 2.05) is 53.4 Å². The molecule has 0 radical (unpaired) electrons. The first kappa shape index (κ1) is 22.3. The van der Waals surface area contributed by atoms with E-state index in [9.17, 15) is 9.59 Å². The van der Waals surface area contributed by atoms with Crippen molar-refractivity contribution in [3.8, 4) is 0 Å². The van der Waals surface area contributed by atoms with Crippen molar-refractivity contribution in [3.05, 3.63) is 94.5 Å². The van der Waals surface area contributed by atoms with Gasteiger partial charge in [0.2, 0.25) is 0 Å². The van der Waals surface area contributed by atoms with Gasteiger partial charge in [-0.2, -0.15) is 0 Å². The molecule has 3 aromatic carbocycles. The first-order valence-corrected chi connectivity index (χ1v) is 13.0. The molecule has 2 aliphatic rings. The number of hydrogen-bond donors (Lipinski definition) is 0. The molecule has 2 atom stereocenters. The summed E-state index contributed by atoms with van der Waals surface area (Å²) in [5, 5.41) is 1.75. The Labute approximate surface area is 213 Å². The minimum atomic E-state index is -0.117. The predicted octanol–water partition coefficient (Wildman–Crippen LogP) is 5.78. The van der Waals surface area contributed by atoms with Gasteiger partial charge in [0.1, 0.15) is 0 Å². The second kappa shape index (κ2) is 9.10. The molecule has 7 heteroatoms. The van der Waals surface area contributed by atoms with Gasteiger partial charge in [0.15, 0.2) is 10.9 Å². The molecule has 5 nitrogen and oxygen atoms in total. The Balaban J connectivity index is 1.21. The van der Waals surface area contributed by atoms with Gasteiger partial charge >= 0.3 is 0 Å². The number of anilines is 1. The molecule has 0 saturated carbocycles. The smallest absolute Gasteiger partial charge is 0.254 e. The van der Waals surface area contributed by atoms with E-state index in [1.54, 1.807) is 35.6 Å². The van der Waals surface area contributed by atoms with Crippen LogP contribution < -0.4 is 4.90 Å². The third-order valence-electron chi connectivity index (χ3n) is 6.92. The van der Waals surface area contributed by atoms with Crippen LogP contribution in [0.5, 0.6) is 0 Å². The maximum absolute atomic E-state index is 13.6. The van der Waals surface area contributed by atoms with Crippen LogP contribution in [0.1, 0.15) is 32.7 Å². The van der Waals surface area contributed by atoms with E-state index in [0.717, 1.165) is 39.9 Å². The van der Waals surface area contributed by atoms with Crippen LogP contribution in [0.2, 0.25) is 5.02 Å². The third-order valence-corrected chi connectivity index (χ3v) is 8.23. The average molecular weight is 502 g/mol. The summed E-state index contributed by atoms with van der Waals surface area (Å²) >= 11 is 7.84. The van der Waals surface area contributed by atoms with Gasteiger partial charge in [0.05, 0.1) is 15.8 Å². The van der Waals surface area contributed by atoms with Gasteiger partial charge in [-0.3, -0.25) is 9.59 Å². The molecule has 0 spiro atoms. The van der Waals surface area contributed by atoms with Crippen LogP contribution in [0, 0.1) is 11.8 Å². The molecule has 3 heterocycles. The van der Waals surface area contributed by atoms with Crippen molar-refractivity contribution in [2.24, 2.45) is 11.8 Å². The summed E-state index contributed by atoms with van der Waals surface area (Å²) < 4.78 is 1.10. The van der Waals surface area contributed by atoms with Gasteiger partial charge in [0, 0.05) is 42.3 Å². The van der Waals surface area contributed by atoms with Crippen molar-refractivity contribution in [2.75, 3.05) is 31.1 Å². The maximum Gasteiger partial charge on any atom is 0.254 e. The highest BCUT2D eigenvalue weighted by Gasteiger charge is 2.37. The number of rotatable bonds is 4. The summed E-state index contributed by atoms with van der Waals surface area (Å²) in [6.07, 6.45) is 1.11. The van der Waals surface area contributed by atoms with E-state index in [2.05, 4.69) is 4.90 Å². The topological polar surface area (TPSA) is 53.5 Å². The summed E-state index contributed by atoms with van der Waals surface area (Å²) in [6.45, 7) is 3.13. The van der Waals surface area contributed by atoms with Crippen molar-refractivity contribution in [1.82, 2.24) is 9.88 Å². The van der Waals surface area contributed by atoms with Gasteiger partial charge in [-0.25, -0.2) is 4.98 Å². The fourth-order valence-electron chi connectivity index (χ4n) is 5.41. The first-order chi connectivity index (χ1) is 17.0. The number of thiazole rings is 1. The fraction of sp³-hybridized carbons (Fsp3) is 0.250. The minimum Gasteiger partial charge on any atom is -0.347 e. The Morgan fingerprint density at radius 2 is 1.54 bits per heavy atom. The number of halogens is 1. The van der Waals surface area contributed by atoms with Crippen LogP contribution in [-0.2, 0) is 0 Å². The molecule has 2 saturated heterocycles. The molecular weight excluding hydrogens is 478 g/mol. The lowest BCUT2D eigenvalue weighted by Crippen LogP contribution is -2.54. The van der Waals surface area contributed by atoms with Crippen LogP contribution >= 0.6 is 22.9 Å². The molecule has 2 fully saturated rings. The van der Waals surface area contributed by atoms with Crippen LogP contribution in [0.4, 0.5) is 5.13 Å². The highest BCUT2D eigenvalue weighted by molar-refractivity contribution is 7.22. The number of benzene rings is 3. The van der Waals surface area contributed by atoms with E-state index in [0.29, 0.717) is 41.6 Å². The normalized spacial score (nSPS) is 19.7. The molecule has 2 unspecified atom stereocenters. The zero-order valence-electron chi connectivity index (χ0n) is 19.1. The number of nitrogens with zero attached hydrogens (tertiary/aromatic N) is 3. The van der Waals surface area contributed by atoms with Crippen molar-refractivity contribution in [1.29, 1.82) is 0 Å². The summed E-state index contributed by atoms with van der Waals surface area (Å²) in [4.78, 5) is 35.9. The summed E-state index contributed by atoms with van der Waals surface area (Å²) in [5.41, 5.74) is 2.52. The Morgan fingerprint density at radius 3 is 2.29 bits per heavy atom. The molecule has 1 amide bonds. The van der Waals surface area contributed by atoms with E-state index in [-0.39, 0.29) is 11.7 Å². The fourth-order valence-corrected chi connectivity index (χ4v) is 6.67. The highest BCUT2D eigenvalue weighted by atomic mass is 35.5. The van der Waals surface area contributed by atoms with E-state index in [4.69, 9.17) is 16.6 Å². The quantitative estimate of drug-likeness (QED) is 0.333. The van der Waals surface area contributed by atoms with E-state index < -0.39 is 0 Å². The Kier molecular flexibility index (Phi) is 5.78. The average Bonchev–Trinajstić information content (AvgIpc) is 3.31. The van der Waals surface area contributed by atoms with E-state index in [1.165, 1.54) is 0 Å². The van der Waals surface area contributed by atoms with Crippen molar-refractivity contribution in [2.45, 2.75) is 6.42 Å². The van der Waals surface area contributed by atoms with Gasteiger partial charge in [-0.1, -0.05) is 71.5 Å². The van der Waals surface area contributed by atoms with Crippen molar-refractivity contribution in [3.63, 3.8) is 0 Å². The molecule has 35 heavy (non-hydrogen) atoms. The lowest BCUT2D eigenvalue weighted by atomic mass is 9.84. The van der Waals surface area contributed by atoms with Gasteiger partial charge in [-0.15, -0.1) is 0 Å². The lowest BCUT2D eigenvalue weighted by molar-refractivity contribution is 0.0562. The minimum absolute atomic E-state index is 0.0531. The molecular formula is C28H24ClN3O2S. The molecule has 6 rings (SSSR count). The number of aromatic nitrogens is 1. The number of amides is 1. The molecule has 176 valence electrons. The summed E-state index contributed by atoms with van der Waals surface area (Å²) in [7, 11) is 0.